The van der Waals surface area contributed by atoms with E-state index in [2.05, 4.69) is 34.7 Å². The lowest BCUT2D eigenvalue weighted by Crippen LogP contribution is -2.47. The van der Waals surface area contributed by atoms with Gasteiger partial charge in [0.15, 0.2) is 5.69 Å². The maximum absolute atomic E-state index is 12.8. The van der Waals surface area contributed by atoms with Crippen molar-refractivity contribution in [1.82, 2.24) is 14.7 Å². The standard InChI is InChI=1S/C26H26N4O5/c1-29(16-11-15(12-16)25(32)33)24(31)22-13-23(30(2)28-22)27-26(34)35-14-21-19-9-5-3-7-17(19)18-8-4-6-10-20(18)21/h3-10,13,15-16,21H,11-12,14H2,1-2H3,(H,27,34)(H,32,33). The van der Waals surface area contributed by atoms with Crippen molar-refractivity contribution < 1.29 is 24.2 Å². The van der Waals surface area contributed by atoms with Crippen LogP contribution < -0.4 is 5.32 Å². The molecule has 1 fully saturated rings. The molecule has 2 aromatic carbocycles. The molecule has 0 saturated heterocycles. The number of aryl methyl sites for hydroxylation is 1. The molecule has 180 valence electrons. The molecule has 3 aromatic rings. The first-order chi connectivity index (χ1) is 16.8. The molecule has 0 spiro atoms. The molecule has 0 aliphatic heterocycles. The first kappa shape index (κ1) is 22.6. The molecule has 35 heavy (non-hydrogen) atoms. The summed E-state index contributed by atoms with van der Waals surface area (Å²) in [5, 5.41) is 15.9. The highest BCUT2D eigenvalue weighted by molar-refractivity contribution is 5.94. The van der Waals surface area contributed by atoms with Crippen LogP contribution in [0.15, 0.2) is 54.6 Å². The number of rotatable bonds is 6. The van der Waals surface area contributed by atoms with E-state index < -0.39 is 18.0 Å². The van der Waals surface area contributed by atoms with Gasteiger partial charge in [-0.1, -0.05) is 48.5 Å². The van der Waals surface area contributed by atoms with Crippen molar-refractivity contribution in [3.8, 4) is 11.1 Å². The van der Waals surface area contributed by atoms with E-state index in [0.29, 0.717) is 18.7 Å². The molecule has 0 bridgehead atoms. The SMILES string of the molecule is CN(C(=O)c1cc(NC(=O)OCC2c3ccccc3-c3ccccc32)n(C)n1)C1CC(C(=O)O)C1. The number of aliphatic carboxylic acids is 1. The molecule has 0 radical (unpaired) electrons. The number of ether oxygens (including phenoxy) is 1. The maximum Gasteiger partial charge on any atom is 0.412 e. The fraction of sp³-hybridized carbons (Fsp3) is 0.308. The van der Waals surface area contributed by atoms with Gasteiger partial charge in [0.1, 0.15) is 12.4 Å². The average Bonchev–Trinajstić information content (AvgIpc) is 3.33. The molecule has 2 aliphatic rings. The third-order valence-electron chi connectivity index (χ3n) is 7.00. The Morgan fingerprint density at radius 3 is 2.29 bits per heavy atom. The van der Waals surface area contributed by atoms with Crippen molar-refractivity contribution in [1.29, 1.82) is 0 Å². The van der Waals surface area contributed by atoms with E-state index in [9.17, 15) is 14.4 Å². The molecular formula is C26H26N4O5. The molecule has 2 amide bonds. The van der Waals surface area contributed by atoms with Crippen LogP contribution >= 0.6 is 0 Å². The number of anilines is 1. The van der Waals surface area contributed by atoms with Crippen molar-refractivity contribution >= 4 is 23.8 Å². The summed E-state index contributed by atoms with van der Waals surface area (Å²) in [4.78, 5) is 37.9. The monoisotopic (exact) mass is 474 g/mol. The predicted octanol–water partition coefficient (Wildman–Crippen LogP) is 3.72. The third-order valence-corrected chi connectivity index (χ3v) is 7.00. The number of benzene rings is 2. The van der Waals surface area contributed by atoms with E-state index in [0.717, 1.165) is 22.3 Å². The normalized spacial score (nSPS) is 18.2. The molecule has 1 heterocycles. The number of hydrogen-bond acceptors (Lipinski definition) is 5. The maximum atomic E-state index is 12.8. The Balaban J connectivity index is 1.21. The van der Waals surface area contributed by atoms with Gasteiger partial charge >= 0.3 is 12.1 Å². The van der Waals surface area contributed by atoms with E-state index in [-0.39, 0.29) is 30.2 Å². The van der Waals surface area contributed by atoms with E-state index >= 15 is 0 Å². The van der Waals surface area contributed by atoms with Crippen LogP contribution in [-0.4, -0.2) is 57.5 Å². The van der Waals surface area contributed by atoms with Gasteiger partial charge in [0, 0.05) is 32.1 Å². The number of carboxylic acids is 1. The highest BCUT2D eigenvalue weighted by Gasteiger charge is 2.39. The summed E-state index contributed by atoms with van der Waals surface area (Å²) >= 11 is 0. The Hall–Kier alpha value is -4.14. The number of nitrogens with one attached hydrogen (secondary N) is 1. The van der Waals surface area contributed by atoms with Crippen LogP contribution in [0.4, 0.5) is 10.6 Å². The van der Waals surface area contributed by atoms with Gasteiger partial charge in [0.2, 0.25) is 0 Å². The van der Waals surface area contributed by atoms with Crippen LogP contribution in [0, 0.1) is 5.92 Å². The van der Waals surface area contributed by atoms with Gasteiger partial charge in [-0.3, -0.25) is 19.6 Å². The smallest absolute Gasteiger partial charge is 0.412 e. The van der Waals surface area contributed by atoms with Crippen molar-refractivity contribution in [2.45, 2.75) is 24.8 Å². The van der Waals surface area contributed by atoms with Crippen molar-refractivity contribution in [2.24, 2.45) is 13.0 Å². The second-order valence-electron chi connectivity index (χ2n) is 9.07. The minimum atomic E-state index is -0.838. The Kier molecular flexibility index (Phi) is 5.76. The highest BCUT2D eigenvalue weighted by atomic mass is 16.5. The molecule has 0 atom stereocenters. The van der Waals surface area contributed by atoms with Gasteiger partial charge in [0.05, 0.1) is 5.92 Å². The number of hydrogen-bond donors (Lipinski definition) is 2. The number of carbonyl (C=O) groups excluding carboxylic acids is 2. The minimum Gasteiger partial charge on any atom is -0.481 e. The Morgan fingerprint density at radius 1 is 1.09 bits per heavy atom. The zero-order chi connectivity index (χ0) is 24.7. The second kappa shape index (κ2) is 8.90. The van der Waals surface area contributed by atoms with Crippen LogP contribution in [0.2, 0.25) is 0 Å². The van der Waals surface area contributed by atoms with Crippen LogP contribution in [0.5, 0.6) is 0 Å². The summed E-state index contributed by atoms with van der Waals surface area (Å²) in [6.07, 6.45) is 0.218. The molecule has 9 heteroatoms. The zero-order valence-electron chi connectivity index (χ0n) is 19.5. The highest BCUT2D eigenvalue weighted by Crippen LogP contribution is 2.44. The molecule has 2 N–H and O–H groups in total. The van der Waals surface area contributed by atoms with Crippen LogP contribution in [0.3, 0.4) is 0 Å². The summed E-state index contributed by atoms with van der Waals surface area (Å²) < 4.78 is 6.98. The Bertz CT molecular complexity index is 1270. The fourth-order valence-corrected chi connectivity index (χ4v) is 4.88. The quantitative estimate of drug-likeness (QED) is 0.563. The molecule has 9 nitrogen and oxygen atoms in total. The van der Waals surface area contributed by atoms with E-state index in [1.54, 1.807) is 14.1 Å². The third kappa shape index (κ3) is 4.14. The summed E-state index contributed by atoms with van der Waals surface area (Å²) in [5.74, 6) is -1.30. The van der Waals surface area contributed by atoms with Gasteiger partial charge in [-0.15, -0.1) is 0 Å². The number of aromatic nitrogens is 2. The average molecular weight is 475 g/mol. The second-order valence-corrected chi connectivity index (χ2v) is 9.07. The van der Waals surface area contributed by atoms with Crippen LogP contribution in [0.1, 0.15) is 40.4 Å². The molecular weight excluding hydrogens is 448 g/mol. The van der Waals surface area contributed by atoms with Crippen LogP contribution in [0.25, 0.3) is 11.1 Å². The topological polar surface area (TPSA) is 114 Å². The van der Waals surface area contributed by atoms with E-state index in [1.807, 2.05) is 24.3 Å². The van der Waals surface area contributed by atoms with Crippen molar-refractivity contribution in [3.05, 3.63) is 71.4 Å². The summed E-state index contributed by atoms with van der Waals surface area (Å²) in [6.45, 7) is 0.179. The zero-order valence-corrected chi connectivity index (χ0v) is 19.5. The first-order valence-corrected chi connectivity index (χ1v) is 11.5. The molecule has 1 aromatic heterocycles. The lowest BCUT2D eigenvalue weighted by atomic mass is 9.79. The Labute approximate surface area is 202 Å². The van der Waals surface area contributed by atoms with E-state index in [4.69, 9.17) is 9.84 Å². The lowest BCUT2D eigenvalue weighted by molar-refractivity contribution is -0.146. The number of fused-ring (bicyclic) bond motifs is 3. The number of nitrogens with zero attached hydrogens (tertiary/aromatic N) is 3. The van der Waals surface area contributed by atoms with Crippen LogP contribution in [-0.2, 0) is 16.6 Å². The number of amides is 2. The molecule has 1 saturated carbocycles. The Morgan fingerprint density at radius 2 is 1.69 bits per heavy atom. The number of carboxylic acid groups (broad SMARTS) is 1. The number of carbonyl (C=O) groups is 3. The largest absolute Gasteiger partial charge is 0.481 e. The lowest BCUT2D eigenvalue weighted by Gasteiger charge is -2.38. The van der Waals surface area contributed by atoms with Gasteiger partial charge in [-0.25, -0.2) is 4.79 Å². The van der Waals surface area contributed by atoms with Crippen molar-refractivity contribution in [3.63, 3.8) is 0 Å². The predicted molar refractivity (Wildman–Crippen MR) is 128 cm³/mol. The first-order valence-electron chi connectivity index (χ1n) is 11.5. The van der Waals surface area contributed by atoms with E-state index in [1.165, 1.54) is 15.6 Å². The van der Waals surface area contributed by atoms with Crippen molar-refractivity contribution in [2.75, 3.05) is 19.0 Å². The minimum absolute atomic E-state index is 0.0532. The van der Waals surface area contributed by atoms with Gasteiger partial charge < -0.3 is 14.7 Å². The summed E-state index contributed by atoms with van der Waals surface area (Å²) in [6, 6.07) is 17.6. The molecule has 0 unspecified atom stereocenters. The van der Waals surface area contributed by atoms with Gasteiger partial charge in [0.25, 0.3) is 5.91 Å². The van der Waals surface area contributed by atoms with Gasteiger partial charge in [-0.2, -0.15) is 5.10 Å². The molecule has 2 aliphatic carbocycles. The molecule has 5 rings (SSSR count). The fourth-order valence-electron chi connectivity index (χ4n) is 4.88. The summed E-state index contributed by atoms with van der Waals surface area (Å²) in [7, 11) is 3.26. The summed E-state index contributed by atoms with van der Waals surface area (Å²) in [5.41, 5.74) is 4.72. The van der Waals surface area contributed by atoms with Gasteiger partial charge in [-0.05, 0) is 35.1 Å².